The van der Waals surface area contributed by atoms with Crippen LogP contribution in [-0.2, 0) is 0 Å². The van der Waals surface area contributed by atoms with Gasteiger partial charge in [-0.2, -0.15) is 0 Å². The number of allylic oxidation sites excluding steroid dienone is 1. The van der Waals surface area contributed by atoms with Crippen molar-refractivity contribution in [1.29, 1.82) is 0 Å². The normalized spacial score (nSPS) is 22.0. The summed E-state index contributed by atoms with van der Waals surface area (Å²) in [4.78, 5) is 3.66. The van der Waals surface area contributed by atoms with E-state index in [1.165, 1.54) is 30.8 Å². The number of hydrogen-bond acceptors (Lipinski definition) is 2. The summed E-state index contributed by atoms with van der Waals surface area (Å²) < 4.78 is 0. The zero-order chi connectivity index (χ0) is 8.27. The first-order valence-electron chi connectivity index (χ1n) is 4.19. The molecule has 0 aliphatic carbocycles. The van der Waals surface area contributed by atoms with Crippen molar-refractivity contribution in [3.8, 4) is 0 Å². The highest BCUT2D eigenvalue weighted by Gasteiger charge is 2.16. The van der Waals surface area contributed by atoms with E-state index in [2.05, 4.69) is 25.5 Å². The highest BCUT2D eigenvalue weighted by atomic mass is 32.2. The van der Waals surface area contributed by atoms with Crippen molar-refractivity contribution in [3.63, 3.8) is 0 Å². The second-order valence-electron chi connectivity index (χ2n) is 3.32. The summed E-state index contributed by atoms with van der Waals surface area (Å²) in [6, 6.07) is 0. The molecule has 2 heteroatoms. The Balaban J connectivity index is 2.22. The third-order valence-electron chi connectivity index (χ3n) is 2.03. The molecule has 0 unspecified atom stereocenters. The van der Waals surface area contributed by atoms with E-state index in [1.807, 2.05) is 11.8 Å². The minimum atomic E-state index is 0.837. The molecule has 0 radical (unpaired) electrons. The zero-order valence-electron chi connectivity index (χ0n) is 7.47. The van der Waals surface area contributed by atoms with E-state index in [0.717, 1.165) is 5.25 Å². The van der Waals surface area contributed by atoms with Gasteiger partial charge < -0.3 is 4.90 Å². The first kappa shape index (κ1) is 9.14. The third kappa shape index (κ3) is 3.30. The summed E-state index contributed by atoms with van der Waals surface area (Å²) in [6.07, 6.45) is 2.65. The van der Waals surface area contributed by atoms with Gasteiger partial charge in [-0.05, 0) is 44.8 Å². The molecule has 0 aromatic carbocycles. The average Bonchev–Trinajstić information content (AvgIpc) is 1.93. The minimum Gasteiger partial charge on any atom is -0.306 e. The Morgan fingerprint density at radius 2 is 2.00 bits per heavy atom. The molecule has 1 heterocycles. The predicted molar refractivity (Wildman–Crippen MR) is 52.9 cm³/mol. The molecule has 0 spiro atoms. The maximum atomic E-state index is 3.92. The van der Waals surface area contributed by atoms with Gasteiger partial charge in [-0.15, -0.1) is 11.8 Å². The van der Waals surface area contributed by atoms with Gasteiger partial charge in [-0.3, -0.25) is 0 Å². The Labute approximate surface area is 73.8 Å². The number of likely N-dealkylation sites (tertiary alicyclic amines) is 1. The van der Waals surface area contributed by atoms with E-state index in [-0.39, 0.29) is 0 Å². The molecule has 1 saturated heterocycles. The highest BCUT2D eigenvalue weighted by Crippen LogP contribution is 2.27. The van der Waals surface area contributed by atoms with Gasteiger partial charge in [0, 0.05) is 5.25 Å². The topological polar surface area (TPSA) is 3.24 Å². The molecule has 11 heavy (non-hydrogen) atoms. The fraction of sp³-hybridized carbons (Fsp3) is 0.778. The van der Waals surface area contributed by atoms with Crippen LogP contribution in [0.2, 0.25) is 0 Å². The Bertz CT molecular complexity index is 136. The Morgan fingerprint density at radius 1 is 1.45 bits per heavy atom. The van der Waals surface area contributed by atoms with Gasteiger partial charge in [0.15, 0.2) is 0 Å². The lowest BCUT2D eigenvalue weighted by atomic mass is 10.1. The molecule has 1 fully saturated rings. The van der Waals surface area contributed by atoms with E-state index >= 15 is 0 Å². The third-order valence-corrected chi connectivity index (χ3v) is 3.24. The summed E-state index contributed by atoms with van der Waals surface area (Å²) in [7, 11) is 2.20. The second-order valence-corrected chi connectivity index (χ2v) is 4.92. The molecule has 0 amide bonds. The van der Waals surface area contributed by atoms with Crippen LogP contribution in [0, 0.1) is 0 Å². The summed E-state index contributed by atoms with van der Waals surface area (Å²) >= 11 is 1.96. The average molecular weight is 171 g/mol. The molecule has 1 nitrogen and oxygen atoms in total. The monoisotopic (exact) mass is 171 g/mol. The van der Waals surface area contributed by atoms with Crippen LogP contribution in [0.1, 0.15) is 19.8 Å². The van der Waals surface area contributed by atoms with Crippen molar-refractivity contribution < 1.29 is 0 Å². The molecule has 0 saturated carbocycles. The number of hydrogen-bond donors (Lipinski definition) is 0. The maximum Gasteiger partial charge on any atom is 0.0115 e. The summed E-state index contributed by atoms with van der Waals surface area (Å²) in [5.74, 6) is 0. The molecule has 0 atom stereocenters. The lowest BCUT2D eigenvalue weighted by molar-refractivity contribution is 0.282. The fourth-order valence-corrected chi connectivity index (χ4v) is 2.40. The first-order valence-corrected chi connectivity index (χ1v) is 5.07. The van der Waals surface area contributed by atoms with Crippen LogP contribution in [0.3, 0.4) is 0 Å². The van der Waals surface area contributed by atoms with Crippen LogP contribution in [0.5, 0.6) is 0 Å². The Kier molecular flexibility index (Phi) is 3.46. The lowest BCUT2D eigenvalue weighted by Gasteiger charge is -2.28. The standard InChI is InChI=1S/C9H17NS/c1-8(2)11-9-4-6-10(3)7-5-9/h9H,1,4-7H2,2-3H3. The van der Waals surface area contributed by atoms with Gasteiger partial charge in [0.1, 0.15) is 0 Å². The number of piperidine rings is 1. The first-order chi connectivity index (χ1) is 5.18. The van der Waals surface area contributed by atoms with Crippen LogP contribution in [0.4, 0.5) is 0 Å². The summed E-state index contributed by atoms with van der Waals surface area (Å²) in [5, 5.41) is 0.837. The molecule has 1 rings (SSSR count). The molecule has 64 valence electrons. The van der Waals surface area contributed by atoms with Crippen LogP contribution < -0.4 is 0 Å². The molecule has 1 aliphatic heterocycles. The maximum absolute atomic E-state index is 3.92. The number of nitrogens with zero attached hydrogens (tertiary/aromatic N) is 1. The van der Waals surface area contributed by atoms with E-state index in [1.54, 1.807) is 0 Å². The Hall–Kier alpha value is 0.0500. The van der Waals surface area contributed by atoms with Gasteiger partial charge in [-0.1, -0.05) is 6.58 Å². The molecule has 0 N–H and O–H groups in total. The SMILES string of the molecule is C=C(C)SC1CCN(C)CC1. The van der Waals surface area contributed by atoms with Crippen LogP contribution in [-0.4, -0.2) is 30.3 Å². The van der Waals surface area contributed by atoms with E-state index in [4.69, 9.17) is 0 Å². The van der Waals surface area contributed by atoms with E-state index in [9.17, 15) is 0 Å². The molecular formula is C9H17NS. The number of rotatable bonds is 2. The van der Waals surface area contributed by atoms with Crippen molar-refractivity contribution in [2.24, 2.45) is 0 Å². The van der Waals surface area contributed by atoms with Gasteiger partial charge in [0.25, 0.3) is 0 Å². The van der Waals surface area contributed by atoms with E-state index < -0.39 is 0 Å². The zero-order valence-corrected chi connectivity index (χ0v) is 8.28. The molecule has 0 bridgehead atoms. The Morgan fingerprint density at radius 3 is 2.45 bits per heavy atom. The van der Waals surface area contributed by atoms with Crippen LogP contribution in [0.25, 0.3) is 0 Å². The van der Waals surface area contributed by atoms with Gasteiger partial charge >= 0.3 is 0 Å². The molecule has 0 aromatic rings. The molecule has 0 aromatic heterocycles. The van der Waals surface area contributed by atoms with Crippen molar-refractivity contribution in [3.05, 3.63) is 11.5 Å². The van der Waals surface area contributed by atoms with Gasteiger partial charge in [0.05, 0.1) is 0 Å². The van der Waals surface area contributed by atoms with Gasteiger partial charge in [-0.25, -0.2) is 0 Å². The van der Waals surface area contributed by atoms with Crippen molar-refractivity contribution in [1.82, 2.24) is 4.90 Å². The van der Waals surface area contributed by atoms with Gasteiger partial charge in [0.2, 0.25) is 0 Å². The van der Waals surface area contributed by atoms with Crippen molar-refractivity contribution >= 4 is 11.8 Å². The summed E-state index contributed by atoms with van der Waals surface area (Å²) in [6.45, 7) is 8.53. The fourth-order valence-electron chi connectivity index (χ4n) is 1.39. The second kappa shape index (κ2) is 4.17. The summed E-state index contributed by atoms with van der Waals surface area (Å²) in [5.41, 5.74) is 0. The van der Waals surface area contributed by atoms with E-state index in [0.29, 0.717) is 0 Å². The lowest BCUT2D eigenvalue weighted by Crippen LogP contribution is -2.31. The highest BCUT2D eigenvalue weighted by molar-refractivity contribution is 8.03. The quantitative estimate of drug-likeness (QED) is 0.627. The smallest absolute Gasteiger partial charge is 0.0115 e. The molecular weight excluding hydrogens is 154 g/mol. The van der Waals surface area contributed by atoms with Crippen molar-refractivity contribution in [2.45, 2.75) is 25.0 Å². The van der Waals surface area contributed by atoms with Crippen LogP contribution in [0.15, 0.2) is 11.5 Å². The van der Waals surface area contributed by atoms with Crippen LogP contribution >= 0.6 is 11.8 Å². The largest absolute Gasteiger partial charge is 0.306 e. The molecule has 1 aliphatic rings. The number of thioether (sulfide) groups is 1. The minimum absolute atomic E-state index is 0.837. The predicted octanol–water partition coefficient (Wildman–Crippen LogP) is 2.35. The van der Waals surface area contributed by atoms with Crippen molar-refractivity contribution in [2.75, 3.05) is 20.1 Å².